The third-order valence-electron chi connectivity index (χ3n) is 2.74. The highest BCUT2D eigenvalue weighted by Gasteiger charge is 2.34. The van der Waals surface area contributed by atoms with E-state index in [0.717, 1.165) is 11.6 Å². The van der Waals surface area contributed by atoms with Crippen LogP contribution in [0.1, 0.15) is 11.1 Å². The molecule has 2 aromatic rings. The average molecular weight is 312 g/mol. The Morgan fingerprint density at radius 1 is 1.14 bits per heavy atom. The summed E-state index contributed by atoms with van der Waals surface area (Å²) >= 11 is 0. The number of nitrogens with zero attached hydrogens (tertiary/aromatic N) is 1. The molecule has 1 aromatic heterocycles. The third kappa shape index (κ3) is 3.97. The molecule has 0 aliphatic rings. The molecule has 116 valence electrons. The zero-order valence-corrected chi connectivity index (χ0v) is 11.3. The first-order chi connectivity index (χ1) is 10.4. The number of aromatic nitrogens is 1. The van der Waals surface area contributed by atoms with E-state index in [-0.39, 0.29) is 5.75 Å². The number of halogens is 4. The van der Waals surface area contributed by atoms with Crippen LogP contribution in [-0.2, 0) is 12.6 Å². The fraction of sp³-hybridized carbons (Fsp3) is 0.133. The minimum atomic E-state index is -4.74. The van der Waals surface area contributed by atoms with Crippen LogP contribution in [0.25, 0.3) is 0 Å². The van der Waals surface area contributed by atoms with Gasteiger partial charge in [-0.3, -0.25) is 4.98 Å². The maximum Gasteiger partial charge on any atom is 0.419 e. The van der Waals surface area contributed by atoms with Crippen molar-refractivity contribution in [2.75, 3.05) is 0 Å². The highest BCUT2D eigenvalue weighted by atomic mass is 19.4. The van der Waals surface area contributed by atoms with E-state index in [4.69, 9.17) is 10.5 Å². The summed E-state index contributed by atoms with van der Waals surface area (Å²) in [7, 11) is 0. The second-order valence-corrected chi connectivity index (χ2v) is 4.40. The van der Waals surface area contributed by atoms with Crippen molar-refractivity contribution in [1.82, 2.24) is 4.98 Å². The number of hydrogen-bond donors (Lipinski definition) is 1. The van der Waals surface area contributed by atoms with Gasteiger partial charge in [-0.05, 0) is 36.4 Å². The first-order valence-electron chi connectivity index (χ1n) is 6.25. The summed E-state index contributed by atoms with van der Waals surface area (Å²) in [5, 5.41) is 0. The monoisotopic (exact) mass is 312 g/mol. The summed E-state index contributed by atoms with van der Waals surface area (Å²) in [6, 6.07) is 4.02. The van der Waals surface area contributed by atoms with Crippen LogP contribution in [0, 0.1) is 5.82 Å². The average Bonchev–Trinajstić information content (AvgIpc) is 2.44. The van der Waals surface area contributed by atoms with Gasteiger partial charge in [0.05, 0.1) is 11.8 Å². The van der Waals surface area contributed by atoms with Crippen molar-refractivity contribution >= 4 is 0 Å². The molecule has 22 heavy (non-hydrogen) atoms. The highest BCUT2D eigenvalue weighted by Crippen LogP contribution is 2.33. The topological polar surface area (TPSA) is 48.1 Å². The lowest BCUT2D eigenvalue weighted by molar-refractivity contribution is -0.140. The summed E-state index contributed by atoms with van der Waals surface area (Å²) in [5.41, 5.74) is 4.70. The molecule has 0 unspecified atom stereocenters. The van der Waals surface area contributed by atoms with E-state index >= 15 is 0 Å². The fourth-order valence-electron chi connectivity index (χ4n) is 1.76. The number of hydrogen-bond acceptors (Lipinski definition) is 3. The molecule has 0 saturated heterocycles. The van der Waals surface area contributed by atoms with Crippen LogP contribution in [-0.4, -0.2) is 4.98 Å². The number of ether oxygens (including phenoxy) is 1. The molecular weight excluding hydrogens is 300 g/mol. The van der Waals surface area contributed by atoms with Gasteiger partial charge < -0.3 is 10.5 Å². The zero-order valence-electron chi connectivity index (χ0n) is 11.3. The highest BCUT2D eigenvalue weighted by molar-refractivity contribution is 5.35. The van der Waals surface area contributed by atoms with E-state index in [1.165, 1.54) is 12.4 Å². The van der Waals surface area contributed by atoms with Gasteiger partial charge in [0, 0.05) is 12.3 Å². The molecule has 7 heteroatoms. The molecule has 0 atom stereocenters. The van der Waals surface area contributed by atoms with Crippen LogP contribution >= 0.6 is 0 Å². The lowest BCUT2D eigenvalue weighted by Gasteiger charge is -2.10. The Morgan fingerprint density at radius 3 is 2.55 bits per heavy atom. The first-order valence-corrected chi connectivity index (χ1v) is 6.25. The minimum Gasteiger partial charge on any atom is -0.456 e. The van der Waals surface area contributed by atoms with Gasteiger partial charge in [-0.1, -0.05) is 6.08 Å². The summed E-state index contributed by atoms with van der Waals surface area (Å²) in [5.74, 6) is -1.14. The van der Waals surface area contributed by atoms with E-state index in [2.05, 4.69) is 4.98 Å². The van der Waals surface area contributed by atoms with Crippen LogP contribution in [0.2, 0.25) is 0 Å². The largest absolute Gasteiger partial charge is 0.456 e. The Labute approximate surface area is 124 Å². The fourth-order valence-corrected chi connectivity index (χ4v) is 1.76. The smallest absolute Gasteiger partial charge is 0.419 e. The van der Waals surface area contributed by atoms with Crippen LogP contribution in [0.4, 0.5) is 17.6 Å². The molecule has 0 saturated carbocycles. The number of rotatable bonds is 4. The quantitative estimate of drug-likeness (QED) is 0.867. The molecule has 0 spiro atoms. The van der Waals surface area contributed by atoms with Crippen molar-refractivity contribution in [3.05, 3.63) is 65.9 Å². The second kappa shape index (κ2) is 6.46. The van der Waals surface area contributed by atoms with E-state index < -0.39 is 17.6 Å². The second-order valence-electron chi connectivity index (χ2n) is 4.40. The molecule has 2 N–H and O–H groups in total. The molecule has 0 amide bonds. The minimum absolute atomic E-state index is 0.0428. The SMILES string of the molecule is NC=CCc1cncc(Oc2ccc(C(F)(F)F)c(F)c2)c1. The summed E-state index contributed by atoms with van der Waals surface area (Å²) < 4.78 is 56.2. The van der Waals surface area contributed by atoms with Gasteiger partial charge in [0.15, 0.2) is 0 Å². The first kappa shape index (κ1) is 15.8. The maximum absolute atomic E-state index is 13.5. The molecule has 0 aliphatic heterocycles. The molecule has 3 nitrogen and oxygen atoms in total. The number of alkyl halides is 3. The van der Waals surface area contributed by atoms with Crippen molar-refractivity contribution in [3.8, 4) is 11.5 Å². The predicted octanol–water partition coefficient (Wildman–Crippen LogP) is 4.05. The number of allylic oxidation sites excluding steroid dienone is 1. The molecule has 1 heterocycles. The van der Waals surface area contributed by atoms with Gasteiger partial charge in [0.1, 0.15) is 17.3 Å². The van der Waals surface area contributed by atoms with Gasteiger partial charge in [-0.15, -0.1) is 0 Å². The summed E-state index contributed by atoms with van der Waals surface area (Å²) in [4.78, 5) is 3.94. The van der Waals surface area contributed by atoms with Crippen molar-refractivity contribution in [2.24, 2.45) is 5.73 Å². The Hall–Kier alpha value is -2.57. The summed E-state index contributed by atoms with van der Waals surface area (Å²) in [6.07, 6.45) is 1.86. The van der Waals surface area contributed by atoms with Gasteiger partial charge in [0.25, 0.3) is 0 Å². The van der Waals surface area contributed by atoms with E-state index in [0.29, 0.717) is 24.3 Å². The molecule has 0 fully saturated rings. The Bertz CT molecular complexity index is 683. The number of benzene rings is 1. The van der Waals surface area contributed by atoms with Gasteiger partial charge in [0.2, 0.25) is 0 Å². The normalized spacial score (nSPS) is 11.8. The summed E-state index contributed by atoms with van der Waals surface area (Å²) in [6.45, 7) is 0. The molecule has 0 bridgehead atoms. The molecule has 1 aromatic carbocycles. The molecule has 0 aliphatic carbocycles. The van der Waals surface area contributed by atoms with Crippen LogP contribution in [0.15, 0.2) is 48.9 Å². The Balaban J connectivity index is 2.19. The molecule has 0 radical (unpaired) electrons. The number of nitrogens with two attached hydrogens (primary N) is 1. The molecular formula is C15H12F4N2O. The van der Waals surface area contributed by atoms with Gasteiger partial charge in [-0.2, -0.15) is 13.2 Å². The van der Waals surface area contributed by atoms with E-state index in [1.807, 2.05) is 0 Å². The van der Waals surface area contributed by atoms with E-state index in [9.17, 15) is 17.6 Å². The zero-order chi connectivity index (χ0) is 16.2. The lowest BCUT2D eigenvalue weighted by atomic mass is 10.2. The van der Waals surface area contributed by atoms with Crippen molar-refractivity contribution in [2.45, 2.75) is 12.6 Å². The third-order valence-corrected chi connectivity index (χ3v) is 2.74. The van der Waals surface area contributed by atoms with Crippen molar-refractivity contribution in [3.63, 3.8) is 0 Å². The van der Waals surface area contributed by atoms with Crippen molar-refractivity contribution < 1.29 is 22.3 Å². The van der Waals surface area contributed by atoms with Gasteiger partial charge in [-0.25, -0.2) is 4.39 Å². The van der Waals surface area contributed by atoms with Gasteiger partial charge >= 0.3 is 6.18 Å². The van der Waals surface area contributed by atoms with Crippen LogP contribution in [0.5, 0.6) is 11.5 Å². The maximum atomic E-state index is 13.5. The molecule has 2 rings (SSSR count). The van der Waals surface area contributed by atoms with Crippen LogP contribution in [0.3, 0.4) is 0 Å². The Morgan fingerprint density at radius 2 is 1.91 bits per heavy atom. The standard InChI is InChI=1S/C15H12F4N2O/c16-14-7-11(3-4-13(14)15(17,18)19)22-12-6-10(2-1-5-20)8-21-9-12/h1,3-9H,2,20H2. The van der Waals surface area contributed by atoms with Crippen molar-refractivity contribution in [1.29, 1.82) is 0 Å². The van der Waals surface area contributed by atoms with Crippen LogP contribution < -0.4 is 10.5 Å². The van der Waals surface area contributed by atoms with E-state index in [1.54, 1.807) is 18.3 Å². The lowest BCUT2D eigenvalue weighted by Crippen LogP contribution is -2.07. The Kier molecular flexibility index (Phi) is 4.65. The predicted molar refractivity (Wildman–Crippen MR) is 72.7 cm³/mol. The number of pyridine rings is 1.